The highest BCUT2D eigenvalue weighted by molar-refractivity contribution is 4.96. The summed E-state index contributed by atoms with van der Waals surface area (Å²) in [6, 6.07) is 2.00. The van der Waals surface area contributed by atoms with Crippen LogP contribution in [0.3, 0.4) is 0 Å². The third kappa shape index (κ3) is 2.51. The summed E-state index contributed by atoms with van der Waals surface area (Å²) < 4.78 is 5.87. The minimum absolute atomic E-state index is 0.482. The molecule has 4 unspecified atom stereocenters. The van der Waals surface area contributed by atoms with Crippen molar-refractivity contribution in [2.45, 2.75) is 63.8 Å². The Hall–Kier alpha value is -0.120. The van der Waals surface area contributed by atoms with Gasteiger partial charge in [-0.3, -0.25) is 4.90 Å². The van der Waals surface area contributed by atoms with Crippen LogP contribution in [-0.2, 0) is 4.74 Å². The first-order chi connectivity index (χ1) is 8.25. The van der Waals surface area contributed by atoms with Crippen LogP contribution in [0.2, 0.25) is 0 Å². The topological polar surface area (TPSA) is 24.5 Å². The number of rotatable bonds is 3. The summed E-state index contributed by atoms with van der Waals surface area (Å²) in [4.78, 5) is 2.69. The van der Waals surface area contributed by atoms with E-state index in [2.05, 4.69) is 24.1 Å². The molecule has 0 aromatic rings. The van der Waals surface area contributed by atoms with E-state index < -0.39 is 0 Å². The fourth-order valence-electron chi connectivity index (χ4n) is 3.49. The van der Waals surface area contributed by atoms with Gasteiger partial charge >= 0.3 is 0 Å². The van der Waals surface area contributed by atoms with Crippen LogP contribution in [0, 0.1) is 5.92 Å². The highest BCUT2D eigenvalue weighted by Crippen LogP contribution is 2.35. The molecular formula is C14H26N2O. The lowest BCUT2D eigenvalue weighted by Gasteiger charge is -2.44. The second-order valence-electron chi connectivity index (χ2n) is 6.19. The number of nitrogens with one attached hydrogen (secondary N) is 1. The first-order valence-electron chi connectivity index (χ1n) is 7.36. The van der Waals surface area contributed by atoms with Gasteiger partial charge in [0.15, 0.2) is 0 Å². The van der Waals surface area contributed by atoms with E-state index in [0.29, 0.717) is 18.2 Å². The quantitative estimate of drug-likeness (QED) is 0.809. The molecule has 4 atom stereocenters. The molecule has 2 heterocycles. The molecule has 3 heteroatoms. The molecule has 17 heavy (non-hydrogen) atoms. The van der Waals surface area contributed by atoms with Crippen molar-refractivity contribution in [1.29, 1.82) is 0 Å². The van der Waals surface area contributed by atoms with E-state index in [-0.39, 0.29) is 0 Å². The van der Waals surface area contributed by atoms with Crippen molar-refractivity contribution in [2.75, 3.05) is 19.7 Å². The summed E-state index contributed by atoms with van der Waals surface area (Å²) in [5, 5.41) is 3.72. The van der Waals surface area contributed by atoms with Crippen molar-refractivity contribution in [3.8, 4) is 0 Å². The Balaban J connectivity index is 1.61. The molecule has 3 fully saturated rings. The third-order valence-electron chi connectivity index (χ3n) is 4.87. The van der Waals surface area contributed by atoms with E-state index in [1.54, 1.807) is 0 Å². The molecular weight excluding hydrogens is 212 g/mol. The maximum absolute atomic E-state index is 5.87. The Morgan fingerprint density at radius 3 is 2.76 bits per heavy atom. The van der Waals surface area contributed by atoms with Crippen LogP contribution in [0.1, 0.15) is 39.5 Å². The molecule has 0 aromatic heterocycles. The van der Waals surface area contributed by atoms with Crippen LogP contribution in [0.4, 0.5) is 0 Å². The lowest BCUT2D eigenvalue weighted by Crippen LogP contribution is -2.60. The van der Waals surface area contributed by atoms with Gasteiger partial charge in [0, 0.05) is 37.8 Å². The average Bonchev–Trinajstić information content (AvgIpc) is 3.04. The second-order valence-corrected chi connectivity index (χ2v) is 6.19. The molecule has 2 aliphatic heterocycles. The summed E-state index contributed by atoms with van der Waals surface area (Å²) in [5.41, 5.74) is 0. The van der Waals surface area contributed by atoms with Gasteiger partial charge in [0.2, 0.25) is 0 Å². The zero-order valence-corrected chi connectivity index (χ0v) is 11.2. The summed E-state index contributed by atoms with van der Waals surface area (Å²) in [7, 11) is 0. The van der Waals surface area contributed by atoms with E-state index >= 15 is 0 Å². The largest absolute Gasteiger partial charge is 0.377 e. The SMILES string of the molecule is CC1CNC(C2CC2)CN1C(C)C1CCCO1. The molecule has 1 N–H and O–H groups in total. The Labute approximate surface area is 105 Å². The first-order valence-corrected chi connectivity index (χ1v) is 7.36. The summed E-state index contributed by atoms with van der Waals surface area (Å²) >= 11 is 0. The Morgan fingerprint density at radius 2 is 2.12 bits per heavy atom. The van der Waals surface area contributed by atoms with Crippen LogP contribution in [-0.4, -0.2) is 48.8 Å². The van der Waals surface area contributed by atoms with Gasteiger partial charge in [-0.25, -0.2) is 0 Å². The molecule has 3 nitrogen and oxygen atoms in total. The van der Waals surface area contributed by atoms with Crippen molar-refractivity contribution in [3.63, 3.8) is 0 Å². The van der Waals surface area contributed by atoms with Gasteiger partial charge in [-0.05, 0) is 45.4 Å². The Morgan fingerprint density at radius 1 is 1.29 bits per heavy atom. The zero-order valence-electron chi connectivity index (χ0n) is 11.2. The number of hydrogen-bond acceptors (Lipinski definition) is 3. The van der Waals surface area contributed by atoms with Crippen LogP contribution < -0.4 is 5.32 Å². The molecule has 1 aliphatic carbocycles. The predicted octanol–water partition coefficient (Wildman–Crippen LogP) is 1.63. The molecule has 2 saturated heterocycles. The van der Waals surface area contributed by atoms with Gasteiger partial charge in [-0.2, -0.15) is 0 Å². The van der Waals surface area contributed by atoms with Gasteiger partial charge in [0.25, 0.3) is 0 Å². The second kappa shape index (κ2) is 4.87. The maximum Gasteiger partial charge on any atom is 0.0728 e. The van der Waals surface area contributed by atoms with Crippen molar-refractivity contribution in [3.05, 3.63) is 0 Å². The Bertz CT molecular complexity index is 261. The predicted molar refractivity (Wildman–Crippen MR) is 69.1 cm³/mol. The van der Waals surface area contributed by atoms with E-state index in [0.717, 1.165) is 25.1 Å². The van der Waals surface area contributed by atoms with Crippen molar-refractivity contribution in [1.82, 2.24) is 10.2 Å². The number of nitrogens with zero attached hydrogens (tertiary/aromatic N) is 1. The summed E-state index contributed by atoms with van der Waals surface area (Å²) in [5.74, 6) is 0.960. The Kier molecular flexibility index (Phi) is 3.42. The van der Waals surface area contributed by atoms with Crippen molar-refractivity contribution < 1.29 is 4.74 Å². The van der Waals surface area contributed by atoms with Gasteiger partial charge in [-0.1, -0.05) is 0 Å². The fraction of sp³-hybridized carbons (Fsp3) is 1.00. The van der Waals surface area contributed by atoms with Crippen molar-refractivity contribution in [2.24, 2.45) is 5.92 Å². The lowest BCUT2D eigenvalue weighted by atomic mass is 10.0. The molecule has 0 bridgehead atoms. The molecule has 98 valence electrons. The zero-order chi connectivity index (χ0) is 11.8. The van der Waals surface area contributed by atoms with E-state index in [1.807, 2.05) is 0 Å². The minimum atomic E-state index is 0.482. The highest BCUT2D eigenvalue weighted by atomic mass is 16.5. The van der Waals surface area contributed by atoms with Crippen molar-refractivity contribution >= 4 is 0 Å². The standard InChI is InChI=1S/C14H26N2O/c1-10-8-15-13(12-5-6-12)9-16(10)11(2)14-4-3-7-17-14/h10-15H,3-9H2,1-2H3. The molecule has 0 radical (unpaired) electrons. The molecule has 3 rings (SSSR count). The average molecular weight is 238 g/mol. The first kappa shape index (κ1) is 11.9. The lowest BCUT2D eigenvalue weighted by molar-refractivity contribution is -0.00213. The minimum Gasteiger partial charge on any atom is -0.377 e. The monoisotopic (exact) mass is 238 g/mol. The smallest absolute Gasteiger partial charge is 0.0728 e. The van der Waals surface area contributed by atoms with Gasteiger partial charge in [0.1, 0.15) is 0 Å². The van der Waals surface area contributed by atoms with Gasteiger partial charge < -0.3 is 10.1 Å². The molecule has 0 amide bonds. The van der Waals surface area contributed by atoms with Crippen LogP contribution >= 0.6 is 0 Å². The van der Waals surface area contributed by atoms with E-state index in [4.69, 9.17) is 4.74 Å². The number of ether oxygens (including phenoxy) is 1. The third-order valence-corrected chi connectivity index (χ3v) is 4.87. The highest BCUT2D eigenvalue weighted by Gasteiger charge is 2.39. The number of hydrogen-bond donors (Lipinski definition) is 1. The molecule has 3 aliphatic rings. The molecule has 1 saturated carbocycles. The van der Waals surface area contributed by atoms with Crippen LogP contribution in [0.15, 0.2) is 0 Å². The fourth-order valence-corrected chi connectivity index (χ4v) is 3.49. The van der Waals surface area contributed by atoms with Crippen LogP contribution in [0.25, 0.3) is 0 Å². The van der Waals surface area contributed by atoms with Gasteiger partial charge in [0.05, 0.1) is 6.10 Å². The normalized spacial score (nSPS) is 41.6. The summed E-state index contributed by atoms with van der Waals surface area (Å²) in [6.07, 6.45) is 5.87. The maximum atomic E-state index is 5.87. The molecule has 0 aromatic carbocycles. The molecule has 0 spiro atoms. The van der Waals surface area contributed by atoms with Gasteiger partial charge in [-0.15, -0.1) is 0 Å². The van der Waals surface area contributed by atoms with Crippen LogP contribution in [0.5, 0.6) is 0 Å². The van der Waals surface area contributed by atoms with E-state index in [9.17, 15) is 0 Å². The number of piperazine rings is 1. The van der Waals surface area contributed by atoms with E-state index in [1.165, 1.54) is 32.2 Å². The summed E-state index contributed by atoms with van der Waals surface area (Å²) in [6.45, 7) is 8.07.